The molecule has 2 aromatic heterocycles. The Morgan fingerprint density at radius 2 is 2.03 bits per heavy atom. The van der Waals surface area contributed by atoms with Gasteiger partial charge in [-0.3, -0.25) is 4.79 Å². The number of furan rings is 1. The SMILES string of the molecule is COc1cc(/C=N/NC(=O)c2cc3c(s2)CCCC3)ccc1OC(=O)c1ccco1. The fourth-order valence-electron chi connectivity index (χ4n) is 3.22. The summed E-state index contributed by atoms with van der Waals surface area (Å²) in [6.45, 7) is 0. The maximum absolute atomic E-state index is 12.4. The third-order valence-corrected chi connectivity index (χ3v) is 5.95. The zero-order valence-corrected chi connectivity index (χ0v) is 17.2. The Bertz CT molecular complexity index is 1060. The number of benzene rings is 1. The van der Waals surface area contributed by atoms with Crippen LogP contribution < -0.4 is 14.9 Å². The molecule has 3 aromatic rings. The molecule has 1 amide bonds. The summed E-state index contributed by atoms with van der Waals surface area (Å²) >= 11 is 1.54. The molecule has 1 N–H and O–H groups in total. The van der Waals surface area contributed by atoms with Gasteiger partial charge in [-0.2, -0.15) is 5.10 Å². The van der Waals surface area contributed by atoms with Crippen molar-refractivity contribution in [1.29, 1.82) is 0 Å². The molecule has 0 fully saturated rings. The molecule has 30 heavy (non-hydrogen) atoms. The molecule has 0 radical (unpaired) electrons. The second kappa shape index (κ2) is 8.96. The van der Waals surface area contributed by atoms with E-state index in [4.69, 9.17) is 13.9 Å². The molecule has 1 aromatic carbocycles. The Labute approximate surface area is 177 Å². The third-order valence-electron chi connectivity index (χ3n) is 4.71. The van der Waals surface area contributed by atoms with E-state index in [1.165, 1.54) is 48.9 Å². The largest absolute Gasteiger partial charge is 0.493 e. The van der Waals surface area contributed by atoms with E-state index in [1.54, 1.807) is 35.6 Å². The van der Waals surface area contributed by atoms with E-state index in [9.17, 15) is 9.59 Å². The molecular weight excluding hydrogens is 404 g/mol. The number of ether oxygens (including phenoxy) is 2. The summed E-state index contributed by atoms with van der Waals surface area (Å²) in [7, 11) is 1.47. The summed E-state index contributed by atoms with van der Waals surface area (Å²) in [5.74, 6) is -0.131. The van der Waals surface area contributed by atoms with Crippen LogP contribution in [-0.2, 0) is 12.8 Å². The molecule has 0 unspecified atom stereocenters. The number of hydrogen-bond donors (Lipinski definition) is 1. The minimum atomic E-state index is -0.620. The highest BCUT2D eigenvalue weighted by Gasteiger charge is 2.17. The number of rotatable bonds is 6. The van der Waals surface area contributed by atoms with Crippen LogP contribution in [0.25, 0.3) is 0 Å². The number of amides is 1. The van der Waals surface area contributed by atoms with Crippen LogP contribution in [0.4, 0.5) is 0 Å². The molecule has 154 valence electrons. The average molecular weight is 424 g/mol. The van der Waals surface area contributed by atoms with Gasteiger partial charge in [-0.15, -0.1) is 11.3 Å². The van der Waals surface area contributed by atoms with Gasteiger partial charge in [-0.05, 0) is 73.2 Å². The van der Waals surface area contributed by atoms with Crippen molar-refractivity contribution in [2.75, 3.05) is 7.11 Å². The van der Waals surface area contributed by atoms with Crippen molar-refractivity contribution >= 4 is 29.4 Å². The smallest absolute Gasteiger partial charge is 0.379 e. The predicted molar refractivity (Wildman–Crippen MR) is 113 cm³/mol. The molecule has 2 heterocycles. The minimum absolute atomic E-state index is 0.0978. The van der Waals surface area contributed by atoms with Crippen molar-refractivity contribution in [2.24, 2.45) is 5.10 Å². The number of carbonyl (C=O) groups excluding carboxylic acids is 2. The highest BCUT2D eigenvalue weighted by Crippen LogP contribution is 2.30. The molecule has 7 nitrogen and oxygen atoms in total. The molecule has 0 aliphatic heterocycles. The molecule has 0 saturated heterocycles. The lowest BCUT2D eigenvalue weighted by atomic mass is 9.99. The van der Waals surface area contributed by atoms with Crippen LogP contribution >= 0.6 is 11.3 Å². The van der Waals surface area contributed by atoms with Gasteiger partial charge in [0.25, 0.3) is 5.91 Å². The second-order valence-electron chi connectivity index (χ2n) is 6.74. The molecule has 0 atom stereocenters. The summed E-state index contributed by atoms with van der Waals surface area (Å²) in [6.07, 6.45) is 7.35. The molecule has 0 spiro atoms. The lowest BCUT2D eigenvalue weighted by Gasteiger charge is -2.08. The molecule has 4 rings (SSSR count). The molecule has 1 aliphatic carbocycles. The minimum Gasteiger partial charge on any atom is -0.493 e. The number of methoxy groups -OCH3 is 1. The van der Waals surface area contributed by atoms with Gasteiger partial charge in [0.1, 0.15) is 0 Å². The fraction of sp³-hybridized carbons (Fsp3) is 0.227. The number of nitrogens with one attached hydrogen (secondary N) is 1. The number of hydrazone groups is 1. The van der Waals surface area contributed by atoms with Gasteiger partial charge in [0, 0.05) is 4.88 Å². The number of thiophene rings is 1. The lowest BCUT2D eigenvalue weighted by molar-refractivity contribution is 0.0696. The average Bonchev–Trinajstić information content (AvgIpc) is 3.44. The standard InChI is InChI=1S/C22H20N2O5S/c1-27-18-11-14(8-9-16(18)29-22(26)17-6-4-10-28-17)13-23-24-21(25)20-12-15-5-2-3-7-19(15)30-20/h4,6,8-13H,2-3,5,7H2,1H3,(H,24,25)/b23-13+. The van der Waals surface area contributed by atoms with E-state index in [0.717, 1.165) is 12.8 Å². The quantitative estimate of drug-likeness (QED) is 0.277. The molecule has 0 saturated carbocycles. The van der Waals surface area contributed by atoms with E-state index in [0.29, 0.717) is 16.2 Å². The van der Waals surface area contributed by atoms with Crippen molar-refractivity contribution < 1.29 is 23.5 Å². The number of fused-ring (bicyclic) bond motifs is 1. The van der Waals surface area contributed by atoms with Crippen LogP contribution in [0.1, 0.15) is 49.1 Å². The Kier molecular flexibility index (Phi) is 5.94. The molecule has 0 bridgehead atoms. The van der Waals surface area contributed by atoms with Gasteiger partial charge in [0.15, 0.2) is 11.5 Å². The fourth-order valence-corrected chi connectivity index (χ4v) is 4.36. The first-order valence-electron chi connectivity index (χ1n) is 9.53. The topological polar surface area (TPSA) is 90.1 Å². The summed E-state index contributed by atoms with van der Waals surface area (Å²) in [6, 6.07) is 10.0. The van der Waals surface area contributed by atoms with Crippen molar-refractivity contribution in [3.05, 3.63) is 69.3 Å². The van der Waals surface area contributed by atoms with E-state index >= 15 is 0 Å². The lowest BCUT2D eigenvalue weighted by Crippen LogP contribution is -2.16. The normalized spacial score (nSPS) is 13.1. The predicted octanol–water partition coefficient (Wildman–Crippen LogP) is 4.21. The summed E-state index contributed by atoms with van der Waals surface area (Å²) in [5.41, 5.74) is 4.52. The van der Waals surface area contributed by atoms with E-state index in [2.05, 4.69) is 10.5 Å². The molecule has 8 heteroatoms. The second-order valence-corrected chi connectivity index (χ2v) is 7.88. The number of hydrogen-bond acceptors (Lipinski definition) is 7. The van der Waals surface area contributed by atoms with Crippen LogP contribution in [0.5, 0.6) is 11.5 Å². The highest BCUT2D eigenvalue weighted by molar-refractivity contribution is 7.14. The third kappa shape index (κ3) is 4.44. The van der Waals surface area contributed by atoms with Crippen LogP contribution in [0.3, 0.4) is 0 Å². The number of carbonyl (C=O) groups is 2. The van der Waals surface area contributed by atoms with Gasteiger partial charge < -0.3 is 13.9 Å². The first kappa shape index (κ1) is 19.9. The Balaban J connectivity index is 1.40. The van der Waals surface area contributed by atoms with Crippen molar-refractivity contribution in [3.63, 3.8) is 0 Å². The van der Waals surface area contributed by atoms with Crippen LogP contribution in [0.15, 0.2) is 52.2 Å². The zero-order chi connectivity index (χ0) is 20.9. The zero-order valence-electron chi connectivity index (χ0n) is 16.3. The first-order chi connectivity index (χ1) is 14.6. The summed E-state index contributed by atoms with van der Waals surface area (Å²) < 4.78 is 15.6. The maximum atomic E-state index is 12.4. The maximum Gasteiger partial charge on any atom is 0.379 e. The Hall–Kier alpha value is -3.39. The van der Waals surface area contributed by atoms with Gasteiger partial charge >= 0.3 is 5.97 Å². The number of nitrogens with zero attached hydrogens (tertiary/aromatic N) is 1. The van der Waals surface area contributed by atoms with Crippen LogP contribution in [-0.4, -0.2) is 25.2 Å². The first-order valence-corrected chi connectivity index (χ1v) is 10.3. The summed E-state index contributed by atoms with van der Waals surface area (Å²) in [5, 5.41) is 4.03. The monoisotopic (exact) mass is 424 g/mol. The van der Waals surface area contributed by atoms with Crippen LogP contribution in [0, 0.1) is 0 Å². The van der Waals surface area contributed by atoms with Gasteiger partial charge in [-0.25, -0.2) is 10.2 Å². The molecule has 1 aliphatic rings. The van der Waals surface area contributed by atoms with Gasteiger partial charge in [-0.1, -0.05) is 0 Å². The van der Waals surface area contributed by atoms with Gasteiger partial charge in [0.05, 0.1) is 24.5 Å². The van der Waals surface area contributed by atoms with E-state index in [-0.39, 0.29) is 17.4 Å². The number of esters is 1. The van der Waals surface area contributed by atoms with Crippen molar-refractivity contribution in [3.8, 4) is 11.5 Å². The Morgan fingerprint density at radius 3 is 2.80 bits per heavy atom. The van der Waals surface area contributed by atoms with E-state index < -0.39 is 5.97 Å². The number of aryl methyl sites for hydroxylation is 2. The summed E-state index contributed by atoms with van der Waals surface area (Å²) in [4.78, 5) is 26.4. The van der Waals surface area contributed by atoms with Crippen molar-refractivity contribution in [2.45, 2.75) is 25.7 Å². The van der Waals surface area contributed by atoms with Crippen LogP contribution in [0.2, 0.25) is 0 Å². The Morgan fingerprint density at radius 1 is 1.17 bits per heavy atom. The van der Waals surface area contributed by atoms with Crippen molar-refractivity contribution in [1.82, 2.24) is 5.43 Å². The van der Waals surface area contributed by atoms with Gasteiger partial charge in [0.2, 0.25) is 5.76 Å². The van der Waals surface area contributed by atoms with E-state index in [1.807, 2.05) is 6.07 Å². The molecular formula is C22H20N2O5S. The highest BCUT2D eigenvalue weighted by atomic mass is 32.1.